The third-order valence-electron chi connectivity index (χ3n) is 10.0. The Kier molecular flexibility index (Phi) is 13.5. The van der Waals surface area contributed by atoms with E-state index in [4.69, 9.17) is 0 Å². The van der Waals surface area contributed by atoms with Gasteiger partial charge in [-0.1, -0.05) is 106 Å². The van der Waals surface area contributed by atoms with Gasteiger partial charge in [-0.3, -0.25) is 28.8 Å². The van der Waals surface area contributed by atoms with Crippen LogP contribution in [0.4, 0.5) is 0 Å². The Morgan fingerprint density at radius 2 is 1.21 bits per heavy atom. The molecule has 13 heteroatoms. The average molecular weight is 716 g/mol. The van der Waals surface area contributed by atoms with Crippen molar-refractivity contribution in [2.45, 2.75) is 101 Å². The van der Waals surface area contributed by atoms with E-state index >= 15 is 0 Å². The van der Waals surface area contributed by atoms with Gasteiger partial charge >= 0.3 is 5.97 Å². The summed E-state index contributed by atoms with van der Waals surface area (Å²) in [6.45, 7) is -0.649. The van der Waals surface area contributed by atoms with E-state index in [9.17, 15) is 38.7 Å². The van der Waals surface area contributed by atoms with Crippen molar-refractivity contribution in [1.29, 1.82) is 0 Å². The number of carboxylic acids is 1. The number of aliphatic carboxylic acids is 1. The predicted octanol–water partition coefficient (Wildman–Crippen LogP) is 2.49. The van der Waals surface area contributed by atoms with Gasteiger partial charge in [0.15, 0.2) is 6.04 Å². The first kappa shape index (κ1) is 38.2. The topological polar surface area (TPSA) is 200 Å². The van der Waals surface area contributed by atoms with Crippen molar-refractivity contribution in [1.82, 2.24) is 26.6 Å². The molecular formula is C39H49N5O8. The van der Waals surface area contributed by atoms with Crippen LogP contribution in [0.5, 0.6) is 0 Å². The number of ketones is 1. The molecule has 278 valence electrons. The highest BCUT2D eigenvalue weighted by Gasteiger charge is 2.39. The number of hydrogen-bond acceptors (Lipinski definition) is 7. The van der Waals surface area contributed by atoms with Crippen LogP contribution >= 0.6 is 0 Å². The Labute approximate surface area is 303 Å². The Morgan fingerprint density at radius 1 is 0.635 bits per heavy atom. The van der Waals surface area contributed by atoms with Crippen LogP contribution in [-0.2, 0) is 40.0 Å². The van der Waals surface area contributed by atoms with Crippen LogP contribution in [0.1, 0.15) is 87.8 Å². The molecule has 52 heavy (non-hydrogen) atoms. The van der Waals surface area contributed by atoms with Gasteiger partial charge in [0.05, 0.1) is 19.0 Å². The van der Waals surface area contributed by atoms with E-state index in [0.29, 0.717) is 12.0 Å². The normalized spacial score (nSPS) is 18.1. The quantitative estimate of drug-likeness (QED) is 0.119. The second-order valence-electron chi connectivity index (χ2n) is 14.4. The molecule has 5 amide bonds. The Morgan fingerprint density at radius 3 is 1.81 bits per heavy atom. The van der Waals surface area contributed by atoms with Gasteiger partial charge in [0.25, 0.3) is 5.91 Å². The maximum atomic E-state index is 13.9. The SMILES string of the molecule is O=C(CNC(=O)C(=O)C(CC1CC1)NC(=O)C(CC1CC1)NC(=O)C(NC(=O)Cc1ccccc1)C1CCCCC1)NC(C(=O)O)c1ccccc1. The van der Waals surface area contributed by atoms with Gasteiger partial charge in [0.2, 0.25) is 29.4 Å². The molecule has 3 fully saturated rings. The summed E-state index contributed by atoms with van der Waals surface area (Å²) >= 11 is 0. The van der Waals surface area contributed by atoms with Gasteiger partial charge in [0, 0.05) is 0 Å². The summed E-state index contributed by atoms with van der Waals surface area (Å²) in [5.74, 6) is -5.16. The lowest BCUT2D eigenvalue weighted by Crippen LogP contribution is -2.58. The minimum Gasteiger partial charge on any atom is -0.479 e. The molecule has 3 aliphatic carbocycles. The first-order valence-electron chi connectivity index (χ1n) is 18.4. The van der Waals surface area contributed by atoms with Gasteiger partial charge in [-0.2, -0.15) is 0 Å². The molecule has 3 aliphatic rings. The number of nitrogens with one attached hydrogen (secondary N) is 5. The van der Waals surface area contributed by atoms with Crippen molar-refractivity contribution in [3.63, 3.8) is 0 Å². The van der Waals surface area contributed by atoms with Crippen molar-refractivity contribution in [3.8, 4) is 0 Å². The molecule has 0 bridgehead atoms. The molecule has 13 nitrogen and oxygen atoms in total. The maximum Gasteiger partial charge on any atom is 0.330 e. The molecule has 0 aromatic heterocycles. The van der Waals surface area contributed by atoms with Crippen LogP contribution in [0.15, 0.2) is 60.7 Å². The number of Topliss-reactive ketones (excluding diaryl/α,β-unsaturated/α-hetero) is 1. The number of benzene rings is 2. The van der Waals surface area contributed by atoms with E-state index in [-0.39, 0.29) is 36.5 Å². The first-order chi connectivity index (χ1) is 25.1. The fourth-order valence-electron chi connectivity index (χ4n) is 6.79. The van der Waals surface area contributed by atoms with Crippen LogP contribution in [0.2, 0.25) is 0 Å². The Hall–Kier alpha value is -5.07. The molecule has 0 radical (unpaired) electrons. The van der Waals surface area contributed by atoms with Crippen molar-refractivity contribution in [2.24, 2.45) is 17.8 Å². The van der Waals surface area contributed by atoms with Crippen molar-refractivity contribution in [3.05, 3.63) is 71.8 Å². The third-order valence-corrected chi connectivity index (χ3v) is 10.0. The molecule has 2 aromatic rings. The van der Waals surface area contributed by atoms with E-state index < -0.39 is 66.1 Å². The van der Waals surface area contributed by atoms with Crippen LogP contribution in [0, 0.1) is 17.8 Å². The van der Waals surface area contributed by atoms with E-state index in [2.05, 4.69) is 26.6 Å². The van der Waals surface area contributed by atoms with Crippen molar-refractivity contribution in [2.75, 3.05) is 6.54 Å². The number of hydrogen-bond donors (Lipinski definition) is 6. The zero-order chi connectivity index (χ0) is 37.0. The second-order valence-corrected chi connectivity index (χ2v) is 14.4. The van der Waals surface area contributed by atoms with Crippen LogP contribution in [0.3, 0.4) is 0 Å². The number of carbonyl (C=O) groups is 7. The summed E-state index contributed by atoms with van der Waals surface area (Å²) < 4.78 is 0. The summed E-state index contributed by atoms with van der Waals surface area (Å²) in [5, 5.41) is 22.8. The minimum absolute atomic E-state index is 0.0818. The number of carboxylic acid groups (broad SMARTS) is 1. The number of amides is 5. The molecule has 3 saturated carbocycles. The smallest absolute Gasteiger partial charge is 0.330 e. The fourth-order valence-corrected chi connectivity index (χ4v) is 6.79. The lowest BCUT2D eigenvalue weighted by molar-refractivity contribution is -0.142. The fraction of sp³-hybridized carbons (Fsp3) is 0.513. The second kappa shape index (κ2) is 18.4. The zero-order valence-corrected chi connectivity index (χ0v) is 29.3. The predicted molar refractivity (Wildman–Crippen MR) is 190 cm³/mol. The Balaban J connectivity index is 1.21. The van der Waals surface area contributed by atoms with Gasteiger partial charge < -0.3 is 31.7 Å². The van der Waals surface area contributed by atoms with Gasteiger partial charge in [0.1, 0.15) is 12.1 Å². The molecule has 2 aromatic carbocycles. The minimum atomic E-state index is -1.35. The Bertz CT molecular complexity index is 1590. The molecule has 4 atom stereocenters. The van der Waals surface area contributed by atoms with Crippen LogP contribution < -0.4 is 26.6 Å². The average Bonchev–Trinajstić information content (AvgIpc) is 4.09. The molecule has 4 unspecified atom stereocenters. The summed E-state index contributed by atoms with van der Waals surface area (Å²) in [5.41, 5.74) is 1.16. The molecule has 5 rings (SSSR count). The monoisotopic (exact) mass is 715 g/mol. The summed E-state index contributed by atoms with van der Waals surface area (Å²) in [7, 11) is 0. The lowest BCUT2D eigenvalue weighted by atomic mass is 9.83. The third kappa shape index (κ3) is 11.7. The van der Waals surface area contributed by atoms with E-state index in [0.717, 1.165) is 63.4 Å². The first-order valence-corrected chi connectivity index (χ1v) is 18.4. The van der Waals surface area contributed by atoms with Crippen molar-refractivity contribution < 1.29 is 38.7 Å². The van der Waals surface area contributed by atoms with Crippen LogP contribution in [-0.4, -0.2) is 71.1 Å². The molecule has 0 saturated heterocycles. The van der Waals surface area contributed by atoms with E-state index in [1.54, 1.807) is 30.3 Å². The standard InChI is InChI=1S/C39H49N5O8/c45-31(22-24-10-4-1-5-11-24)43-33(27-12-6-2-7-13-27)37(49)42-30(21-26-18-19-26)36(48)41-29(20-25-16-17-25)35(47)38(50)40-23-32(46)44-34(39(51)52)28-14-8-3-9-15-28/h1,3-5,8-11,14-15,25-27,29-30,33-34H,2,6-7,12-13,16-23H2,(H,40,50)(H,41,48)(H,42,49)(H,43,45)(H,44,46)(H,51,52). The van der Waals surface area contributed by atoms with E-state index in [1.165, 1.54) is 0 Å². The molecule has 0 heterocycles. The zero-order valence-electron chi connectivity index (χ0n) is 29.3. The van der Waals surface area contributed by atoms with Crippen molar-refractivity contribution >= 4 is 41.3 Å². The lowest BCUT2D eigenvalue weighted by Gasteiger charge is -2.31. The number of carbonyl (C=O) groups excluding carboxylic acids is 6. The van der Waals surface area contributed by atoms with E-state index in [1.807, 2.05) is 30.3 Å². The highest BCUT2D eigenvalue weighted by atomic mass is 16.4. The molecule has 0 aliphatic heterocycles. The largest absolute Gasteiger partial charge is 0.479 e. The summed E-state index contributed by atoms with van der Waals surface area (Å²) in [6.07, 6.45) is 8.68. The highest BCUT2D eigenvalue weighted by molar-refractivity contribution is 6.38. The van der Waals surface area contributed by atoms with Gasteiger partial charge in [-0.05, 0) is 54.6 Å². The van der Waals surface area contributed by atoms with Crippen LogP contribution in [0.25, 0.3) is 0 Å². The maximum absolute atomic E-state index is 13.9. The summed E-state index contributed by atoms with van der Waals surface area (Å²) in [4.78, 5) is 91.6. The molecule has 6 N–H and O–H groups in total. The van der Waals surface area contributed by atoms with Gasteiger partial charge in [-0.25, -0.2) is 4.79 Å². The summed E-state index contributed by atoms with van der Waals surface area (Å²) in [6, 6.07) is 13.0. The molecule has 0 spiro atoms. The van der Waals surface area contributed by atoms with Gasteiger partial charge in [-0.15, -0.1) is 0 Å². The number of rotatable bonds is 19. The highest BCUT2D eigenvalue weighted by Crippen LogP contribution is 2.35. The molecular weight excluding hydrogens is 666 g/mol.